The molecule has 0 N–H and O–H groups in total. The van der Waals surface area contributed by atoms with Gasteiger partial charge in [-0.15, -0.1) is 0 Å². The van der Waals surface area contributed by atoms with E-state index in [2.05, 4.69) is 23.9 Å². The molecule has 0 aliphatic heterocycles. The topological polar surface area (TPSA) is 57.0 Å². The van der Waals surface area contributed by atoms with Crippen LogP contribution in [0.4, 0.5) is 0 Å². The van der Waals surface area contributed by atoms with E-state index in [0.717, 1.165) is 12.4 Å². The lowest BCUT2D eigenvalue weighted by Crippen LogP contribution is -2.13. The Labute approximate surface area is 95.8 Å². The van der Waals surface area contributed by atoms with Crippen LogP contribution in [0.2, 0.25) is 0 Å². The van der Waals surface area contributed by atoms with Crippen LogP contribution in [0.5, 0.6) is 0 Å². The number of carbonyl (C=O) groups is 1. The quantitative estimate of drug-likeness (QED) is 0.697. The molecule has 0 fully saturated rings. The highest BCUT2D eigenvalue weighted by Crippen LogP contribution is 2.04. The fraction of sp³-hybridized carbons (Fsp3) is 0.727. The number of ketones is 1. The largest absolute Gasteiger partial charge is 0.377 e. The second kappa shape index (κ2) is 6.37. The summed E-state index contributed by atoms with van der Waals surface area (Å²) in [6, 6.07) is 0. The third-order valence-corrected chi connectivity index (χ3v) is 2.17. The molecule has 0 amide bonds. The number of nitrogens with zero attached hydrogens (tertiary/aromatic N) is 3. The molecule has 0 bridgehead atoms. The number of aryl methyl sites for hydroxylation is 1. The number of Topliss-reactive ketones (excluding diaryl/α,β-unsaturated/α-hetero) is 1. The number of hydrogen-bond acceptors (Lipinski definition) is 4. The van der Waals surface area contributed by atoms with E-state index in [-0.39, 0.29) is 12.4 Å². The van der Waals surface area contributed by atoms with Crippen LogP contribution in [-0.4, -0.2) is 34.3 Å². The molecule has 5 heteroatoms. The van der Waals surface area contributed by atoms with Gasteiger partial charge in [-0.3, -0.25) is 4.79 Å². The molecule has 1 aromatic rings. The molecule has 0 aliphatic rings. The number of carbonyl (C=O) groups excluding carboxylic acids is 1. The van der Waals surface area contributed by atoms with E-state index in [0.29, 0.717) is 18.8 Å². The molecular formula is C11H19N3O2. The Hall–Kier alpha value is -1.23. The third-order valence-electron chi connectivity index (χ3n) is 2.17. The summed E-state index contributed by atoms with van der Waals surface area (Å²) in [6.07, 6.45) is 2.64. The molecule has 0 saturated carbocycles. The van der Waals surface area contributed by atoms with Gasteiger partial charge in [0.05, 0.1) is 0 Å². The Kier molecular flexibility index (Phi) is 5.11. The fourth-order valence-corrected chi connectivity index (χ4v) is 1.46. The van der Waals surface area contributed by atoms with Crippen LogP contribution in [0.1, 0.15) is 26.1 Å². The van der Waals surface area contributed by atoms with Crippen molar-refractivity contribution in [2.45, 2.75) is 33.2 Å². The van der Waals surface area contributed by atoms with E-state index in [1.165, 1.54) is 7.11 Å². The standard InChI is InChI=1S/C11H19N3O2/c1-9(2)6-14-11(12-8-13-14)5-4-10(15)7-16-3/h8-9H,4-7H2,1-3H3. The van der Waals surface area contributed by atoms with Crippen molar-refractivity contribution in [3.05, 3.63) is 12.2 Å². The van der Waals surface area contributed by atoms with Gasteiger partial charge in [-0.25, -0.2) is 9.67 Å². The molecule has 0 aliphatic carbocycles. The monoisotopic (exact) mass is 225 g/mol. The van der Waals surface area contributed by atoms with Gasteiger partial charge in [-0.05, 0) is 5.92 Å². The minimum atomic E-state index is 0.0987. The lowest BCUT2D eigenvalue weighted by atomic mass is 10.2. The Bertz CT molecular complexity index is 334. The van der Waals surface area contributed by atoms with Crippen LogP contribution in [0.15, 0.2) is 6.33 Å². The zero-order chi connectivity index (χ0) is 12.0. The van der Waals surface area contributed by atoms with E-state index in [1.54, 1.807) is 6.33 Å². The first-order valence-corrected chi connectivity index (χ1v) is 5.50. The van der Waals surface area contributed by atoms with Crippen LogP contribution >= 0.6 is 0 Å². The maximum Gasteiger partial charge on any atom is 0.158 e. The van der Waals surface area contributed by atoms with Crippen LogP contribution in [0.25, 0.3) is 0 Å². The van der Waals surface area contributed by atoms with Crippen LogP contribution in [0.3, 0.4) is 0 Å². The molecule has 0 spiro atoms. The number of aromatic nitrogens is 3. The average molecular weight is 225 g/mol. The maximum atomic E-state index is 11.3. The number of hydrogen-bond donors (Lipinski definition) is 0. The molecule has 1 heterocycles. The highest BCUT2D eigenvalue weighted by molar-refractivity contribution is 5.79. The van der Waals surface area contributed by atoms with Gasteiger partial charge in [0, 0.05) is 26.5 Å². The first kappa shape index (κ1) is 12.8. The summed E-state index contributed by atoms with van der Waals surface area (Å²) < 4.78 is 6.64. The zero-order valence-corrected chi connectivity index (χ0v) is 10.1. The van der Waals surface area contributed by atoms with Crippen molar-refractivity contribution >= 4 is 5.78 Å². The summed E-state index contributed by atoms with van der Waals surface area (Å²) >= 11 is 0. The van der Waals surface area contributed by atoms with Crippen molar-refractivity contribution in [2.75, 3.05) is 13.7 Å². The van der Waals surface area contributed by atoms with Gasteiger partial charge in [-0.2, -0.15) is 5.10 Å². The summed E-state index contributed by atoms with van der Waals surface area (Å²) in [5.41, 5.74) is 0. The molecule has 0 atom stereocenters. The summed E-state index contributed by atoms with van der Waals surface area (Å²) in [7, 11) is 1.53. The molecule has 1 aromatic heterocycles. The summed E-state index contributed by atoms with van der Waals surface area (Å²) in [5.74, 6) is 1.50. The third kappa shape index (κ3) is 4.10. The van der Waals surface area contributed by atoms with Crippen molar-refractivity contribution < 1.29 is 9.53 Å². The van der Waals surface area contributed by atoms with Crippen molar-refractivity contribution in [3.8, 4) is 0 Å². The summed E-state index contributed by atoms with van der Waals surface area (Å²) in [6.45, 7) is 5.27. The van der Waals surface area contributed by atoms with E-state index in [1.807, 2.05) is 4.68 Å². The lowest BCUT2D eigenvalue weighted by molar-refractivity contribution is -0.122. The molecule has 0 unspecified atom stereocenters. The predicted octanol–water partition coefficient (Wildman–Crippen LogP) is 1.08. The van der Waals surface area contributed by atoms with Gasteiger partial charge in [-0.1, -0.05) is 13.8 Å². The molecule has 90 valence electrons. The van der Waals surface area contributed by atoms with Crippen LogP contribution in [0, 0.1) is 5.92 Å². The molecule has 0 saturated heterocycles. The first-order valence-electron chi connectivity index (χ1n) is 5.50. The molecule has 1 rings (SSSR count). The minimum Gasteiger partial charge on any atom is -0.377 e. The fourth-order valence-electron chi connectivity index (χ4n) is 1.46. The molecule has 16 heavy (non-hydrogen) atoms. The molecular weight excluding hydrogens is 206 g/mol. The van der Waals surface area contributed by atoms with Crippen molar-refractivity contribution in [1.82, 2.24) is 14.8 Å². The lowest BCUT2D eigenvalue weighted by Gasteiger charge is -2.07. The Morgan fingerprint density at radius 1 is 1.56 bits per heavy atom. The predicted molar refractivity (Wildman–Crippen MR) is 60.1 cm³/mol. The summed E-state index contributed by atoms with van der Waals surface area (Å²) in [5, 5.41) is 4.14. The van der Waals surface area contributed by atoms with Crippen molar-refractivity contribution in [1.29, 1.82) is 0 Å². The Morgan fingerprint density at radius 2 is 2.31 bits per heavy atom. The van der Waals surface area contributed by atoms with Crippen LogP contribution in [-0.2, 0) is 22.5 Å². The van der Waals surface area contributed by atoms with Gasteiger partial charge in [0.25, 0.3) is 0 Å². The SMILES string of the molecule is COCC(=O)CCc1ncnn1CC(C)C. The van der Waals surface area contributed by atoms with Gasteiger partial charge < -0.3 is 4.74 Å². The van der Waals surface area contributed by atoms with Gasteiger partial charge in [0.15, 0.2) is 5.78 Å². The average Bonchev–Trinajstić information content (AvgIpc) is 2.62. The smallest absolute Gasteiger partial charge is 0.158 e. The highest BCUT2D eigenvalue weighted by atomic mass is 16.5. The number of ether oxygens (including phenoxy) is 1. The van der Waals surface area contributed by atoms with E-state index >= 15 is 0 Å². The number of rotatable bonds is 7. The second-order valence-corrected chi connectivity index (χ2v) is 4.22. The maximum absolute atomic E-state index is 11.3. The van der Waals surface area contributed by atoms with Crippen LogP contribution < -0.4 is 0 Å². The Balaban J connectivity index is 2.47. The van der Waals surface area contributed by atoms with E-state index in [4.69, 9.17) is 4.74 Å². The number of methoxy groups -OCH3 is 1. The highest BCUT2D eigenvalue weighted by Gasteiger charge is 2.08. The van der Waals surface area contributed by atoms with E-state index in [9.17, 15) is 4.79 Å². The van der Waals surface area contributed by atoms with Gasteiger partial charge in [0.2, 0.25) is 0 Å². The van der Waals surface area contributed by atoms with E-state index < -0.39 is 0 Å². The second-order valence-electron chi connectivity index (χ2n) is 4.22. The normalized spacial score (nSPS) is 11.0. The van der Waals surface area contributed by atoms with Crippen molar-refractivity contribution in [2.24, 2.45) is 5.92 Å². The van der Waals surface area contributed by atoms with Crippen molar-refractivity contribution in [3.63, 3.8) is 0 Å². The Morgan fingerprint density at radius 3 is 2.94 bits per heavy atom. The minimum absolute atomic E-state index is 0.0987. The zero-order valence-electron chi connectivity index (χ0n) is 10.1. The molecule has 5 nitrogen and oxygen atoms in total. The first-order chi connectivity index (χ1) is 7.63. The molecule has 0 radical (unpaired) electrons. The summed E-state index contributed by atoms with van der Waals surface area (Å²) in [4.78, 5) is 15.4. The van der Waals surface area contributed by atoms with Gasteiger partial charge >= 0.3 is 0 Å². The molecule has 0 aromatic carbocycles. The van der Waals surface area contributed by atoms with Gasteiger partial charge in [0.1, 0.15) is 18.8 Å².